The molecule has 0 aromatic rings. The molecule has 2 N–H and O–H groups in total. The molecule has 0 radical (unpaired) electrons. The van der Waals surface area contributed by atoms with Gasteiger partial charge in [-0.05, 0) is 25.3 Å². The maximum absolute atomic E-state index is 4.50. The molecule has 0 aliphatic heterocycles. The van der Waals surface area contributed by atoms with Gasteiger partial charge in [0.25, 0.3) is 0 Å². The first-order chi connectivity index (χ1) is 5.33. The van der Waals surface area contributed by atoms with Crippen molar-refractivity contribution in [1.29, 1.82) is 0 Å². The molecule has 0 bridgehead atoms. The van der Waals surface area contributed by atoms with Crippen molar-refractivity contribution in [3.8, 4) is 0 Å². The van der Waals surface area contributed by atoms with Crippen LogP contribution in [-0.4, -0.2) is 7.05 Å². The summed E-state index contributed by atoms with van der Waals surface area (Å²) >= 11 is 0. The Labute approximate surface area is 71.4 Å². The summed E-state index contributed by atoms with van der Waals surface area (Å²) in [6.07, 6.45) is 7.37. The van der Waals surface area contributed by atoms with Crippen LogP contribution in [0.3, 0.4) is 0 Å². The molecule has 0 spiro atoms. The summed E-state index contributed by atoms with van der Waals surface area (Å²) < 4.78 is 0. The minimum absolute atomic E-state index is 1.02. The molecule has 1 rings (SSSR count). The molecule has 1 nitrogen and oxygen atoms in total. The minimum Gasteiger partial charge on any atom is -0.333 e. The van der Waals surface area contributed by atoms with Gasteiger partial charge in [0.1, 0.15) is 0 Å². The van der Waals surface area contributed by atoms with Gasteiger partial charge in [0, 0.05) is 0 Å². The largest absolute Gasteiger partial charge is 0.333 e. The van der Waals surface area contributed by atoms with E-state index in [4.69, 9.17) is 0 Å². The topological polar surface area (TPSA) is 26.0 Å². The van der Waals surface area contributed by atoms with E-state index in [1.54, 1.807) is 0 Å². The first kappa shape index (κ1) is 11.0. The van der Waals surface area contributed by atoms with E-state index in [2.05, 4.69) is 19.6 Å². The highest BCUT2D eigenvalue weighted by molar-refractivity contribution is 4.68. The van der Waals surface area contributed by atoms with E-state index < -0.39 is 0 Å². The predicted molar refractivity (Wildman–Crippen MR) is 51.5 cm³/mol. The predicted octanol–water partition coefficient (Wildman–Crippen LogP) is 2.80. The van der Waals surface area contributed by atoms with Crippen LogP contribution in [0.5, 0.6) is 0 Å². The fourth-order valence-corrected chi connectivity index (χ4v) is 1.93. The maximum Gasteiger partial charge on any atom is -0.0195 e. The molecule has 2 unspecified atom stereocenters. The molecule has 1 aliphatic rings. The fraction of sp³-hybridized carbons (Fsp3) is 1.00. The van der Waals surface area contributed by atoms with E-state index in [0.29, 0.717) is 0 Å². The van der Waals surface area contributed by atoms with Gasteiger partial charge in [-0.2, -0.15) is 0 Å². The van der Waals surface area contributed by atoms with Crippen LogP contribution >= 0.6 is 0 Å². The van der Waals surface area contributed by atoms with Crippen LogP contribution < -0.4 is 5.73 Å². The number of hydrogen-bond acceptors (Lipinski definition) is 1. The van der Waals surface area contributed by atoms with Gasteiger partial charge in [-0.1, -0.05) is 39.5 Å². The third-order valence-electron chi connectivity index (χ3n) is 2.62. The van der Waals surface area contributed by atoms with Gasteiger partial charge < -0.3 is 5.73 Å². The third-order valence-corrected chi connectivity index (χ3v) is 2.62. The third kappa shape index (κ3) is 4.41. The summed E-state index contributed by atoms with van der Waals surface area (Å²) in [4.78, 5) is 0. The molecule has 2 atom stereocenters. The van der Waals surface area contributed by atoms with Crippen molar-refractivity contribution in [2.75, 3.05) is 7.05 Å². The first-order valence-electron chi connectivity index (χ1n) is 4.90. The Morgan fingerprint density at radius 3 is 2.27 bits per heavy atom. The molecular formula is C10H23N. The van der Waals surface area contributed by atoms with Crippen LogP contribution in [0.4, 0.5) is 0 Å². The molecule has 1 saturated carbocycles. The van der Waals surface area contributed by atoms with E-state index in [1.165, 1.54) is 39.2 Å². The Morgan fingerprint density at radius 2 is 1.91 bits per heavy atom. The second-order valence-electron chi connectivity index (χ2n) is 3.55. The van der Waals surface area contributed by atoms with Crippen LogP contribution in [-0.2, 0) is 0 Å². The molecule has 0 aromatic carbocycles. The van der Waals surface area contributed by atoms with Gasteiger partial charge in [0.05, 0.1) is 0 Å². The lowest BCUT2D eigenvalue weighted by atomic mass is 9.81. The number of nitrogens with two attached hydrogens (primary N) is 1. The summed E-state index contributed by atoms with van der Waals surface area (Å²) in [6, 6.07) is 0. The van der Waals surface area contributed by atoms with E-state index in [9.17, 15) is 0 Å². The van der Waals surface area contributed by atoms with Gasteiger partial charge >= 0.3 is 0 Å². The van der Waals surface area contributed by atoms with Gasteiger partial charge in [0.2, 0.25) is 0 Å². The average Bonchev–Trinajstić information content (AvgIpc) is 2.08. The summed E-state index contributed by atoms with van der Waals surface area (Å²) in [7, 11) is 1.50. The first-order valence-corrected chi connectivity index (χ1v) is 4.90. The number of rotatable bonds is 1. The van der Waals surface area contributed by atoms with Crippen LogP contribution in [0.2, 0.25) is 0 Å². The average molecular weight is 157 g/mol. The van der Waals surface area contributed by atoms with Crippen LogP contribution in [0.1, 0.15) is 46.0 Å². The standard InChI is InChI=1S/C9H18.CH5N/c1-3-9-6-4-5-8(2)7-9;1-2/h8-9H,3-7H2,1-2H3;2H2,1H3. The fourth-order valence-electron chi connectivity index (χ4n) is 1.93. The highest BCUT2D eigenvalue weighted by Crippen LogP contribution is 2.29. The van der Waals surface area contributed by atoms with Crippen LogP contribution in [0, 0.1) is 11.8 Å². The van der Waals surface area contributed by atoms with Crippen LogP contribution in [0.25, 0.3) is 0 Å². The zero-order chi connectivity index (χ0) is 8.69. The summed E-state index contributed by atoms with van der Waals surface area (Å²) in [6.45, 7) is 4.71. The smallest absolute Gasteiger partial charge is 0.0195 e. The van der Waals surface area contributed by atoms with E-state index in [0.717, 1.165) is 11.8 Å². The Balaban J connectivity index is 0.000000461. The molecule has 0 aromatic heterocycles. The molecule has 1 heteroatoms. The Bertz CT molecular complexity index is 80.9. The Hall–Kier alpha value is -0.0400. The van der Waals surface area contributed by atoms with E-state index in [1.807, 2.05) is 0 Å². The number of hydrogen-bond donors (Lipinski definition) is 1. The summed E-state index contributed by atoms with van der Waals surface area (Å²) in [5, 5.41) is 0. The van der Waals surface area contributed by atoms with Crippen molar-refractivity contribution < 1.29 is 0 Å². The molecule has 0 heterocycles. The minimum atomic E-state index is 1.02. The summed E-state index contributed by atoms with van der Waals surface area (Å²) in [5.74, 6) is 2.08. The Kier molecular flexibility index (Phi) is 6.63. The summed E-state index contributed by atoms with van der Waals surface area (Å²) in [5.41, 5.74) is 4.50. The second kappa shape index (κ2) is 6.66. The SMILES string of the molecule is CCC1CCCC(C)C1.CN. The van der Waals surface area contributed by atoms with Crippen molar-refractivity contribution >= 4 is 0 Å². The van der Waals surface area contributed by atoms with E-state index >= 15 is 0 Å². The van der Waals surface area contributed by atoms with Gasteiger partial charge in [-0.15, -0.1) is 0 Å². The van der Waals surface area contributed by atoms with Crippen molar-refractivity contribution in [3.05, 3.63) is 0 Å². The molecule has 0 saturated heterocycles. The lowest BCUT2D eigenvalue weighted by Crippen LogP contribution is -2.11. The normalized spacial score (nSPS) is 30.5. The van der Waals surface area contributed by atoms with Crippen molar-refractivity contribution in [2.24, 2.45) is 17.6 Å². The lowest BCUT2D eigenvalue weighted by molar-refractivity contribution is 0.276. The van der Waals surface area contributed by atoms with Gasteiger partial charge in [0.15, 0.2) is 0 Å². The van der Waals surface area contributed by atoms with Crippen LogP contribution in [0.15, 0.2) is 0 Å². The van der Waals surface area contributed by atoms with Gasteiger partial charge in [-0.25, -0.2) is 0 Å². The highest BCUT2D eigenvalue weighted by atomic mass is 14.4. The van der Waals surface area contributed by atoms with Gasteiger partial charge in [-0.3, -0.25) is 0 Å². The quantitative estimate of drug-likeness (QED) is 0.622. The lowest BCUT2D eigenvalue weighted by Gasteiger charge is -2.25. The molecule has 0 amide bonds. The molecule has 68 valence electrons. The molecule has 1 fully saturated rings. The highest BCUT2D eigenvalue weighted by Gasteiger charge is 2.16. The molecular weight excluding hydrogens is 134 g/mol. The van der Waals surface area contributed by atoms with Crippen molar-refractivity contribution in [1.82, 2.24) is 0 Å². The molecule has 1 aliphatic carbocycles. The van der Waals surface area contributed by atoms with Crippen molar-refractivity contribution in [2.45, 2.75) is 46.0 Å². The zero-order valence-corrected chi connectivity index (χ0v) is 8.27. The second-order valence-corrected chi connectivity index (χ2v) is 3.55. The molecule has 11 heavy (non-hydrogen) atoms. The maximum atomic E-state index is 4.50. The van der Waals surface area contributed by atoms with E-state index in [-0.39, 0.29) is 0 Å². The zero-order valence-electron chi connectivity index (χ0n) is 8.27. The van der Waals surface area contributed by atoms with Crippen molar-refractivity contribution in [3.63, 3.8) is 0 Å². The Morgan fingerprint density at radius 1 is 1.27 bits per heavy atom. The monoisotopic (exact) mass is 157 g/mol.